The second kappa shape index (κ2) is 7.70. The largest absolute Gasteiger partial charge is 0.418 e. The Morgan fingerprint density at radius 3 is 2.73 bits per heavy atom. The van der Waals surface area contributed by atoms with Crippen LogP contribution in [0.15, 0.2) is 48.7 Å². The van der Waals surface area contributed by atoms with Gasteiger partial charge in [-0.15, -0.1) is 0 Å². The summed E-state index contributed by atoms with van der Waals surface area (Å²) in [5, 5.41) is 5.58. The molecule has 0 radical (unpaired) electrons. The van der Waals surface area contributed by atoms with E-state index in [1.165, 1.54) is 18.2 Å². The maximum Gasteiger partial charge on any atom is 0.418 e. The minimum atomic E-state index is -4.52. The van der Waals surface area contributed by atoms with Crippen LogP contribution in [-0.2, 0) is 17.4 Å². The Hall–Kier alpha value is -2.67. The maximum atomic E-state index is 13.1. The molecule has 2 N–H and O–H groups in total. The van der Waals surface area contributed by atoms with E-state index in [9.17, 15) is 18.0 Å². The van der Waals surface area contributed by atoms with E-state index < -0.39 is 17.6 Å². The standard InChI is InChI=1S/C19H18F3N3O/c20-19(21,22)15-5-1-2-6-16(15)25-17(26)12-14-4-3-9-24-18(14)13-7-10-23-11-8-13/h1-7,9,23H,8,10-12H2,(H,25,26). The number of anilines is 1. The molecule has 26 heavy (non-hydrogen) atoms. The molecule has 0 saturated carbocycles. The van der Waals surface area contributed by atoms with Crippen LogP contribution in [-0.4, -0.2) is 24.0 Å². The van der Waals surface area contributed by atoms with Gasteiger partial charge in [0, 0.05) is 12.7 Å². The number of nitrogens with one attached hydrogen (secondary N) is 2. The van der Waals surface area contributed by atoms with Gasteiger partial charge in [0.1, 0.15) is 0 Å². The summed E-state index contributed by atoms with van der Waals surface area (Å²) in [4.78, 5) is 16.7. The Morgan fingerprint density at radius 1 is 1.19 bits per heavy atom. The van der Waals surface area contributed by atoms with Crippen LogP contribution in [0.25, 0.3) is 5.57 Å². The number of hydrogen-bond acceptors (Lipinski definition) is 3. The normalized spacial score (nSPS) is 14.7. The van der Waals surface area contributed by atoms with Crippen molar-refractivity contribution in [1.29, 1.82) is 0 Å². The Kier molecular flexibility index (Phi) is 5.37. The zero-order valence-electron chi connectivity index (χ0n) is 13.9. The fourth-order valence-electron chi connectivity index (χ4n) is 2.91. The first-order valence-electron chi connectivity index (χ1n) is 8.25. The molecule has 4 nitrogen and oxygen atoms in total. The van der Waals surface area contributed by atoms with Crippen molar-refractivity contribution in [1.82, 2.24) is 10.3 Å². The third kappa shape index (κ3) is 4.29. The summed E-state index contributed by atoms with van der Waals surface area (Å²) in [6.07, 6.45) is -0.101. The lowest BCUT2D eigenvalue weighted by molar-refractivity contribution is -0.137. The summed E-state index contributed by atoms with van der Waals surface area (Å²) in [5.41, 5.74) is 1.37. The van der Waals surface area contributed by atoms with E-state index in [0.717, 1.165) is 36.8 Å². The summed E-state index contributed by atoms with van der Waals surface area (Å²) in [5.74, 6) is -0.509. The number of carbonyl (C=O) groups excluding carboxylic acids is 1. The van der Waals surface area contributed by atoms with Gasteiger partial charge in [0.15, 0.2) is 0 Å². The number of para-hydroxylation sites is 1. The first-order valence-corrected chi connectivity index (χ1v) is 8.25. The number of halogens is 3. The zero-order chi connectivity index (χ0) is 18.6. The highest BCUT2D eigenvalue weighted by atomic mass is 19.4. The molecule has 1 aliphatic heterocycles. The molecule has 7 heteroatoms. The molecule has 0 fully saturated rings. The molecule has 1 aromatic heterocycles. The Morgan fingerprint density at radius 2 is 2.00 bits per heavy atom. The number of amides is 1. The lowest BCUT2D eigenvalue weighted by Crippen LogP contribution is -2.22. The zero-order valence-corrected chi connectivity index (χ0v) is 13.9. The van der Waals surface area contributed by atoms with Crippen molar-refractivity contribution in [3.63, 3.8) is 0 Å². The third-order valence-electron chi connectivity index (χ3n) is 4.12. The molecule has 0 atom stereocenters. The number of alkyl halides is 3. The van der Waals surface area contributed by atoms with Crippen LogP contribution in [0, 0.1) is 0 Å². The van der Waals surface area contributed by atoms with Gasteiger partial charge in [0.25, 0.3) is 0 Å². The van der Waals surface area contributed by atoms with Crippen molar-refractivity contribution in [3.8, 4) is 0 Å². The van der Waals surface area contributed by atoms with Crippen LogP contribution in [0.4, 0.5) is 18.9 Å². The molecule has 1 aliphatic rings. The van der Waals surface area contributed by atoms with E-state index in [1.54, 1.807) is 18.3 Å². The van der Waals surface area contributed by atoms with Gasteiger partial charge in [-0.25, -0.2) is 0 Å². The topological polar surface area (TPSA) is 54.0 Å². The molecule has 0 bridgehead atoms. The monoisotopic (exact) mass is 361 g/mol. The predicted molar refractivity (Wildman–Crippen MR) is 93.5 cm³/mol. The molecule has 0 spiro atoms. The van der Waals surface area contributed by atoms with Crippen molar-refractivity contribution < 1.29 is 18.0 Å². The fraction of sp³-hybridized carbons (Fsp3) is 0.263. The molecule has 0 unspecified atom stereocenters. The van der Waals surface area contributed by atoms with Gasteiger partial charge in [-0.2, -0.15) is 13.2 Å². The van der Waals surface area contributed by atoms with E-state index in [0.29, 0.717) is 5.56 Å². The predicted octanol–water partition coefficient (Wildman–Crippen LogP) is 3.66. The molecule has 1 aromatic carbocycles. The molecule has 0 saturated heterocycles. The van der Waals surface area contributed by atoms with Crippen LogP contribution in [0.5, 0.6) is 0 Å². The second-order valence-corrected chi connectivity index (χ2v) is 5.96. The number of pyridine rings is 1. The molecule has 2 heterocycles. The molecular formula is C19H18F3N3O. The number of benzene rings is 1. The summed E-state index contributed by atoms with van der Waals surface area (Å²) in [7, 11) is 0. The lowest BCUT2D eigenvalue weighted by atomic mass is 9.99. The number of rotatable bonds is 4. The Bertz CT molecular complexity index is 831. The van der Waals surface area contributed by atoms with E-state index in [2.05, 4.69) is 15.6 Å². The van der Waals surface area contributed by atoms with Crippen LogP contribution in [0.2, 0.25) is 0 Å². The highest BCUT2D eigenvalue weighted by molar-refractivity contribution is 5.93. The molecule has 0 aliphatic carbocycles. The number of aromatic nitrogens is 1. The Labute approximate surface area is 149 Å². The number of nitrogens with zero attached hydrogens (tertiary/aromatic N) is 1. The van der Waals surface area contributed by atoms with Gasteiger partial charge >= 0.3 is 6.18 Å². The van der Waals surface area contributed by atoms with Crippen molar-refractivity contribution in [3.05, 3.63) is 65.5 Å². The van der Waals surface area contributed by atoms with Crippen LogP contribution in [0.1, 0.15) is 23.2 Å². The summed E-state index contributed by atoms with van der Waals surface area (Å²) in [6, 6.07) is 8.45. The molecule has 2 aromatic rings. The average Bonchev–Trinajstić information content (AvgIpc) is 2.62. The highest BCUT2D eigenvalue weighted by Crippen LogP contribution is 2.34. The van der Waals surface area contributed by atoms with Gasteiger partial charge in [0.2, 0.25) is 5.91 Å². The van der Waals surface area contributed by atoms with Gasteiger partial charge in [-0.1, -0.05) is 24.3 Å². The smallest absolute Gasteiger partial charge is 0.325 e. The van der Waals surface area contributed by atoms with Crippen molar-refractivity contribution in [2.24, 2.45) is 0 Å². The Balaban J connectivity index is 1.79. The quantitative estimate of drug-likeness (QED) is 0.874. The van der Waals surface area contributed by atoms with Crippen molar-refractivity contribution in [2.45, 2.75) is 19.0 Å². The van der Waals surface area contributed by atoms with Gasteiger partial charge < -0.3 is 10.6 Å². The van der Waals surface area contributed by atoms with Crippen molar-refractivity contribution >= 4 is 17.2 Å². The van der Waals surface area contributed by atoms with Gasteiger partial charge in [-0.05, 0) is 42.3 Å². The highest BCUT2D eigenvalue weighted by Gasteiger charge is 2.33. The second-order valence-electron chi connectivity index (χ2n) is 5.96. The fourth-order valence-corrected chi connectivity index (χ4v) is 2.91. The summed E-state index contributed by atoms with van der Waals surface area (Å²) < 4.78 is 39.2. The average molecular weight is 361 g/mol. The maximum absolute atomic E-state index is 13.1. The van der Waals surface area contributed by atoms with Crippen LogP contribution in [0.3, 0.4) is 0 Å². The number of carbonyl (C=O) groups is 1. The molecule has 1 amide bonds. The van der Waals surface area contributed by atoms with E-state index >= 15 is 0 Å². The minimum Gasteiger partial charge on any atom is -0.325 e. The summed E-state index contributed by atoms with van der Waals surface area (Å²) >= 11 is 0. The van der Waals surface area contributed by atoms with E-state index in [4.69, 9.17) is 0 Å². The SMILES string of the molecule is O=C(Cc1cccnc1C1=CCNCC1)Nc1ccccc1C(F)(F)F. The third-order valence-corrected chi connectivity index (χ3v) is 4.12. The molecular weight excluding hydrogens is 343 g/mol. The number of hydrogen-bond donors (Lipinski definition) is 2. The van der Waals surface area contributed by atoms with Crippen LogP contribution < -0.4 is 10.6 Å². The summed E-state index contributed by atoms with van der Waals surface area (Å²) in [6.45, 7) is 1.56. The molecule has 3 rings (SSSR count). The molecule has 136 valence electrons. The van der Waals surface area contributed by atoms with Gasteiger partial charge in [0.05, 0.1) is 23.4 Å². The van der Waals surface area contributed by atoms with Crippen molar-refractivity contribution in [2.75, 3.05) is 18.4 Å². The minimum absolute atomic E-state index is 0.0415. The van der Waals surface area contributed by atoms with Gasteiger partial charge in [-0.3, -0.25) is 9.78 Å². The van der Waals surface area contributed by atoms with E-state index in [-0.39, 0.29) is 12.1 Å². The first kappa shape index (κ1) is 18.1. The lowest BCUT2D eigenvalue weighted by Gasteiger charge is -2.17. The van der Waals surface area contributed by atoms with E-state index in [1.807, 2.05) is 6.08 Å². The first-order chi connectivity index (χ1) is 12.4. The van der Waals surface area contributed by atoms with Crippen LogP contribution >= 0.6 is 0 Å².